The second-order valence-electron chi connectivity index (χ2n) is 4.96. The molecule has 2 unspecified atom stereocenters. The van der Waals surface area contributed by atoms with Crippen molar-refractivity contribution in [2.24, 2.45) is 0 Å². The first-order valence-corrected chi connectivity index (χ1v) is 7.22. The molecule has 0 saturated carbocycles. The van der Waals surface area contributed by atoms with Crippen LogP contribution in [0.2, 0.25) is 0 Å². The normalized spacial score (nSPS) is 14.2. The van der Waals surface area contributed by atoms with Crippen LogP contribution in [0.25, 0.3) is 0 Å². The largest absolute Gasteiger partial charge is 0.383 e. The third kappa shape index (κ3) is 4.51. The number of anilines is 1. The van der Waals surface area contributed by atoms with Crippen molar-refractivity contribution in [2.45, 2.75) is 39.8 Å². The number of methoxy groups -OCH3 is 1. The van der Waals surface area contributed by atoms with Crippen molar-refractivity contribution in [1.29, 1.82) is 0 Å². The molecule has 1 N–H and O–H groups in total. The highest BCUT2D eigenvalue weighted by Gasteiger charge is 2.13. The predicted octanol–water partition coefficient (Wildman–Crippen LogP) is 3.22. The molecule has 108 valence electrons. The average molecular weight is 264 g/mol. The molecule has 0 radical (unpaired) electrons. The molecular formula is C16H28N2O. The Morgan fingerprint density at radius 1 is 1.16 bits per heavy atom. The number of hydrogen-bond donors (Lipinski definition) is 1. The summed E-state index contributed by atoms with van der Waals surface area (Å²) in [7, 11) is 1.76. The van der Waals surface area contributed by atoms with Gasteiger partial charge in [-0.25, -0.2) is 0 Å². The van der Waals surface area contributed by atoms with Gasteiger partial charge in [-0.1, -0.05) is 19.1 Å². The van der Waals surface area contributed by atoms with Gasteiger partial charge in [0.25, 0.3) is 0 Å². The second-order valence-corrected chi connectivity index (χ2v) is 4.96. The molecule has 3 heteroatoms. The number of rotatable bonds is 8. The molecule has 1 rings (SSSR count). The first-order chi connectivity index (χ1) is 9.13. The minimum Gasteiger partial charge on any atom is -0.383 e. The van der Waals surface area contributed by atoms with E-state index in [-0.39, 0.29) is 0 Å². The number of benzene rings is 1. The Morgan fingerprint density at radius 3 is 2.26 bits per heavy atom. The maximum absolute atomic E-state index is 5.25. The summed E-state index contributed by atoms with van der Waals surface area (Å²) in [4.78, 5) is 2.37. The van der Waals surface area contributed by atoms with E-state index < -0.39 is 0 Å². The Morgan fingerprint density at radius 2 is 1.79 bits per heavy atom. The number of likely N-dealkylation sites (N-methyl/N-ethyl adjacent to an activating group) is 1. The summed E-state index contributed by atoms with van der Waals surface area (Å²) < 4.78 is 5.25. The van der Waals surface area contributed by atoms with Crippen LogP contribution in [0.4, 0.5) is 5.69 Å². The molecule has 2 atom stereocenters. The quantitative estimate of drug-likeness (QED) is 0.780. The lowest BCUT2D eigenvalue weighted by Gasteiger charge is -2.30. The van der Waals surface area contributed by atoms with Gasteiger partial charge in [0.2, 0.25) is 0 Å². The highest BCUT2D eigenvalue weighted by molar-refractivity contribution is 5.48. The Hall–Kier alpha value is -1.06. The average Bonchev–Trinajstić information content (AvgIpc) is 2.41. The summed E-state index contributed by atoms with van der Waals surface area (Å²) >= 11 is 0. The smallest absolute Gasteiger partial charge is 0.0663 e. The minimum absolute atomic E-state index is 0.395. The molecule has 19 heavy (non-hydrogen) atoms. The van der Waals surface area contributed by atoms with Gasteiger partial charge in [0.1, 0.15) is 0 Å². The summed E-state index contributed by atoms with van der Waals surface area (Å²) in [5.41, 5.74) is 2.60. The van der Waals surface area contributed by atoms with E-state index in [2.05, 4.69) is 62.2 Å². The Kier molecular flexibility index (Phi) is 6.89. The van der Waals surface area contributed by atoms with Crippen molar-refractivity contribution >= 4 is 5.69 Å². The van der Waals surface area contributed by atoms with E-state index in [1.54, 1.807) is 7.11 Å². The molecule has 1 aromatic carbocycles. The van der Waals surface area contributed by atoms with Crippen LogP contribution < -0.4 is 10.2 Å². The van der Waals surface area contributed by atoms with Crippen LogP contribution in [0.3, 0.4) is 0 Å². The van der Waals surface area contributed by atoms with Crippen molar-refractivity contribution in [2.75, 3.05) is 31.7 Å². The number of hydrogen-bond acceptors (Lipinski definition) is 3. The van der Waals surface area contributed by atoms with Crippen molar-refractivity contribution in [3.63, 3.8) is 0 Å². The monoisotopic (exact) mass is 264 g/mol. The van der Waals surface area contributed by atoms with Crippen LogP contribution in [0.1, 0.15) is 39.3 Å². The Balaban J connectivity index is 2.78. The fourth-order valence-corrected chi connectivity index (χ4v) is 2.46. The molecular weight excluding hydrogens is 236 g/mol. The van der Waals surface area contributed by atoms with Gasteiger partial charge in [-0.05, 0) is 45.0 Å². The maximum atomic E-state index is 5.25. The summed E-state index contributed by atoms with van der Waals surface area (Å²) in [6, 6.07) is 9.64. The van der Waals surface area contributed by atoms with Gasteiger partial charge in [0.05, 0.1) is 6.61 Å². The van der Waals surface area contributed by atoms with Gasteiger partial charge in [0.15, 0.2) is 0 Å². The third-order valence-corrected chi connectivity index (χ3v) is 3.52. The second kappa shape index (κ2) is 8.18. The summed E-state index contributed by atoms with van der Waals surface area (Å²) in [6.07, 6.45) is 0. The van der Waals surface area contributed by atoms with Crippen LogP contribution in [-0.4, -0.2) is 32.8 Å². The predicted molar refractivity (Wildman–Crippen MR) is 82.9 cm³/mol. The lowest BCUT2D eigenvalue weighted by molar-refractivity contribution is 0.182. The summed E-state index contributed by atoms with van der Waals surface area (Å²) in [6.45, 7) is 11.5. The third-order valence-electron chi connectivity index (χ3n) is 3.52. The number of ether oxygens (including phenoxy) is 1. The summed E-state index contributed by atoms with van der Waals surface area (Å²) in [5, 5.41) is 3.43. The molecule has 0 fully saturated rings. The fourth-order valence-electron chi connectivity index (χ4n) is 2.46. The molecule has 0 heterocycles. The zero-order chi connectivity index (χ0) is 14.3. The SMILES string of the molecule is CCNC(C)c1ccc(N(CC)C(C)COC)cc1. The maximum Gasteiger partial charge on any atom is 0.0663 e. The fraction of sp³-hybridized carbons (Fsp3) is 0.625. The summed E-state index contributed by atoms with van der Waals surface area (Å²) in [5.74, 6) is 0. The zero-order valence-electron chi connectivity index (χ0n) is 12.9. The van der Waals surface area contributed by atoms with E-state index in [4.69, 9.17) is 4.74 Å². The van der Waals surface area contributed by atoms with Gasteiger partial charge in [-0.15, -0.1) is 0 Å². The standard InChI is InChI=1S/C16H28N2O/c1-6-17-14(4)15-8-10-16(11-9-15)18(7-2)13(3)12-19-5/h8-11,13-14,17H,6-7,12H2,1-5H3. The molecule has 1 aromatic rings. The van der Waals surface area contributed by atoms with Gasteiger partial charge in [-0.2, -0.15) is 0 Å². The highest BCUT2D eigenvalue weighted by atomic mass is 16.5. The van der Waals surface area contributed by atoms with E-state index in [1.165, 1.54) is 11.3 Å². The molecule has 0 saturated heterocycles. The molecule has 0 spiro atoms. The lowest BCUT2D eigenvalue weighted by atomic mass is 10.1. The number of nitrogens with one attached hydrogen (secondary N) is 1. The molecule has 0 bridgehead atoms. The molecule has 0 aliphatic heterocycles. The Labute approximate surface area is 118 Å². The van der Waals surface area contributed by atoms with Crippen LogP contribution in [0, 0.1) is 0 Å². The van der Waals surface area contributed by atoms with Crippen molar-refractivity contribution in [1.82, 2.24) is 5.32 Å². The van der Waals surface area contributed by atoms with E-state index >= 15 is 0 Å². The Bertz CT molecular complexity index is 350. The van der Waals surface area contributed by atoms with Gasteiger partial charge >= 0.3 is 0 Å². The van der Waals surface area contributed by atoms with E-state index in [1.807, 2.05) is 0 Å². The van der Waals surface area contributed by atoms with Crippen molar-refractivity contribution < 1.29 is 4.74 Å². The molecule has 0 aliphatic rings. The van der Waals surface area contributed by atoms with Crippen LogP contribution >= 0.6 is 0 Å². The van der Waals surface area contributed by atoms with E-state index in [0.29, 0.717) is 12.1 Å². The van der Waals surface area contributed by atoms with Gasteiger partial charge in [0, 0.05) is 31.4 Å². The molecule has 0 aromatic heterocycles. The zero-order valence-corrected chi connectivity index (χ0v) is 12.9. The first-order valence-electron chi connectivity index (χ1n) is 7.22. The molecule has 3 nitrogen and oxygen atoms in total. The van der Waals surface area contributed by atoms with Crippen LogP contribution in [-0.2, 0) is 4.74 Å². The molecule has 0 aliphatic carbocycles. The van der Waals surface area contributed by atoms with Gasteiger partial charge in [-0.3, -0.25) is 0 Å². The van der Waals surface area contributed by atoms with E-state index in [0.717, 1.165) is 19.7 Å². The van der Waals surface area contributed by atoms with Crippen LogP contribution in [0.5, 0.6) is 0 Å². The van der Waals surface area contributed by atoms with Crippen LogP contribution in [0.15, 0.2) is 24.3 Å². The van der Waals surface area contributed by atoms with Crippen molar-refractivity contribution in [3.8, 4) is 0 Å². The van der Waals surface area contributed by atoms with E-state index in [9.17, 15) is 0 Å². The molecule has 0 amide bonds. The van der Waals surface area contributed by atoms with Crippen molar-refractivity contribution in [3.05, 3.63) is 29.8 Å². The lowest BCUT2D eigenvalue weighted by Crippen LogP contribution is -2.36. The minimum atomic E-state index is 0.395. The highest BCUT2D eigenvalue weighted by Crippen LogP contribution is 2.21. The topological polar surface area (TPSA) is 24.5 Å². The van der Waals surface area contributed by atoms with Gasteiger partial charge < -0.3 is 15.0 Å². The first kappa shape index (κ1) is 16.0. The number of nitrogens with zero attached hydrogens (tertiary/aromatic N) is 1.